The van der Waals surface area contributed by atoms with Gasteiger partial charge in [0.15, 0.2) is 0 Å². The number of rotatable bonds is 6. The van der Waals surface area contributed by atoms with E-state index in [1.165, 1.54) is 17.0 Å². The Morgan fingerprint density at radius 1 is 1.25 bits per heavy atom. The van der Waals surface area contributed by atoms with Crippen LogP contribution in [0, 0.1) is 0 Å². The highest BCUT2D eigenvalue weighted by molar-refractivity contribution is 6.13. The van der Waals surface area contributed by atoms with E-state index in [2.05, 4.69) is 10.1 Å². The molecule has 2 aliphatic heterocycles. The van der Waals surface area contributed by atoms with Crippen molar-refractivity contribution in [2.75, 3.05) is 18.1 Å². The van der Waals surface area contributed by atoms with Crippen LogP contribution >= 0.6 is 0 Å². The molecule has 2 heterocycles. The summed E-state index contributed by atoms with van der Waals surface area (Å²) in [6.07, 6.45) is 1.25. The lowest BCUT2D eigenvalue weighted by Gasteiger charge is -2.24. The molecule has 0 aromatic heterocycles. The second kappa shape index (κ2) is 8.16. The Kier molecular flexibility index (Phi) is 5.67. The smallest absolute Gasteiger partial charge is 0.387 e. The molecule has 0 radical (unpaired) electrons. The molecule has 170 valence electrons. The fourth-order valence-electron chi connectivity index (χ4n) is 4.29. The first-order chi connectivity index (χ1) is 15.2. The number of hydrogen-bond donors (Lipinski definition) is 1. The van der Waals surface area contributed by atoms with Crippen molar-refractivity contribution < 1.29 is 27.8 Å². The van der Waals surface area contributed by atoms with Gasteiger partial charge in [-0.2, -0.15) is 8.78 Å². The van der Waals surface area contributed by atoms with Crippen molar-refractivity contribution in [1.29, 1.82) is 0 Å². The molecular formula is C24H26F2N2O4. The number of nitrogens with one attached hydrogen (secondary N) is 1. The molecule has 0 saturated carbocycles. The summed E-state index contributed by atoms with van der Waals surface area (Å²) in [6, 6.07) is 11.2. The van der Waals surface area contributed by atoms with Crippen LogP contribution in [0.15, 0.2) is 42.5 Å². The highest BCUT2D eigenvalue weighted by Gasteiger charge is 2.47. The summed E-state index contributed by atoms with van der Waals surface area (Å²) in [6.45, 7) is 3.79. The van der Waals surface area contributed by atoms with Gasteiger partial charge in [-0.3, -0.25) is 14.5 Å². The van der Waals surface area contributed by atoms with Gasteiger partial charge in [-0.15, -0.1) is 0 Å². The van der Waals surface area contributed by atoms with Crippen LogP contribution in [-0.2, 0) is 14.9 Å². The largest absolute Gasteiger partial charge is 0.435 e. The molecule has 2 atom stereocenters. The lowest BCUT2D eigenvalue weighted by molar-refractivity contribution is -0.122. The number of amides is 2. The van der Waals surface area contributed by atoms with Crippen molar-refractivity contribution >= 4 is 23.2 Å². The fraction of sp³-hybridized carbons (Fsp3) is 0.417. The predicted octanol–water partition coefficient (Wildman–Crippen LogP) is 4.54. The minimum Gasteiger partial charge on any atom is -0.435 e. The van der Waals surface area contributed by atoms with Crippen molar-refractivity contribution in [2.45, 2.75) is 51.2 Å². The van der Waals surface area contributed by atoms with Crippen molar-refractivity contribution in [3.8, 4) is 5.75 Å². The Hall–Kier alpha value is -3.00. The number of carbonyl (C=O) groups excluding carboxylic acids is 2. The molecule has 0 spiro atoms. The monoisotopic (exact) mass is 444 g/mol. The molecule has 8 heteroatoms. The Morgan fingerprint density at radius 2 is 2.03 bits per heavy atom. The number of hydrogen-bond acceptors (Lipinski definition) is 4. The lowest BCUT2D eigenvalue weighted by atomic mass is 9.80. The molecule has 0 unspecified atom stereocenters. The molecule has 2 aromatic carbocycles. The molecule has 32 heavy (non-hydrogen) atoms. The zero-order chi connectivity index (χ0) is 23.1. The van der Waals surface area contributed by atoms with Crippen molar-refractivity contribution in [1.82, 2.24) is 5.32 Å². The molecule has 2 aliphatic rings. The van der Waals surface area contributed by atoms with E-state index < -0.39 is 17.6 Å². The molecule has 0 aliphatic carbocycles. The van der Waals surface area contributed by atoms with E-state index in [0.29, 0.717) is 36.6 Å². The van der Waals surface area contributed by atoms with Crippen LogP contribution < -0.4 is 15.0 Å². The van der Waals surface area contributed by atoms with Gasteiger partial charge in [-0.05, 0) is 62.6 Å². The first-order valence-electron chi connectivity index (χ1n) is 10.6. The van der Waals surface area contributed by atoms with Crippen LogP contribution in [-0.4, -0.2) is 37.2 Å². The normalized spacial score (nSPS) is 24.7. The predicted molar refractivity (Wildman–Crippen MR) is 116 cm³/mol. The summed E-state index contributed by atoms with van der Waals surface area (Å²) < 4.78 is 35.2. The van der Waals surface area contributed by atoms with Crippen molar-refractivity contribution in [3.05, 3.63) is 53.6 Å². The maximum absolute atomic E-state index is 13.5. The zero-order valence-corrected chi connectivity index (χ0v) is 18.3. The number of halogens is 2. The second-order valence-electron chi connectivity index (χ2n) is 8.75. The molecule has 1 fully saturated rings. The Bertz CT molecular complexity index is 1050. The molecule has 1 saturated heterocycles. The summed E-state index contributed by atoms with van der Waals surface area (Å²) in [5.41, 5.74) is 0.967. The summed E-state index contributed by atoms with van der Waals surface area (Å²) in [5.74, 6) is -0.435. The molecule has 4 rings (SSSR count). The van der Waals surface area contributed by atoms with Crippen LogP contribution in [0.3, 0.4) is 0 Å². The summed E-state index contributed by atoms with van der Waals surface area (Å²) in [4.78, 5) is 27.9. The molecule has 2 amide bonds. The first kappa shape index (κ1) is 22.2. The van der Waals surface area contributed by atoms with Crippen LogP contribution in [0.2, 0.25) is 0 Å². The van der Waals surface area contributed by atoms with Crippen LogP contribution in [0.4, 0.5) is 20.2 Å². The number of benzene rings is 2. The van der Waals surface area contributed by atoms with Gasteiger partial charge in [0.25, 0.3) is 5.91 Å². The van der Waals surface area contributed by atoms with E-state index in [0.717, 1.165) is 12.0 Å². The summed E-state index contributed by atoms with van der Waals surface area (Å²) in [7, 11) is 0. The highest BCUT2D eigenvalue weighted by Crippen LogP contribution is 2.48. The van der Waals surface area contributed by atoms with Crippen molar-refractivity contribution in [2.24, 2.45) is 0 Å². The SMILES string of the molecule is CC[C@@]1(C)C(=O)N(c2cccc(OC(F)F)c2)c2ccc(C(=O)N[C@@]3(C)CCOC3)cc21. The van der Waals surface area contributed by atoms with E-state index in [4.69, 9.17) is 4.74 Å². The zero-order valence-electron chi connectivity index (χ0n) is 18.3. The van der Waals surface area contributed by atoms with Gasteiger partial charge in [0, 0.05) is 18.2 Å². The van der Waals surface area contributed by atoms with Gasteiger partial charge >= 0.3 is 6.61 Å². The average molecular weight is 444 g/mol. The third kappa shape index (κ3) is 3.83. The maximum atomic E-state index is 13.5. The Morgan fingerprint density at radius 3 is 2.69 bits per heavy atom. The number of alkyl halides is 2. The lowest BCUT2D eigenvalue weighted by Crippen LogP contribution is -2.46. The summed E-state index contributed by atoms with van der Waals surface area (Å²) >= 11 is 0. The molecule has 0 bridgehead atoms. The molecule has 6 nitrogen and oxygen atoms in total. The van der Waals surface area contributed by atoms with Gasteiger partial charge in [-0.1, -0.05) is 13.0 Å². The minimum absolute atomic E-state index is 0.0278. The van der Waals surface area contributed by atoms with Gasteiger partial charge in [-0.25, -0.2) is 0 Å². The Balaban J connectivity index is 1.71. The van der Waals surface area contributed by atoms with Gasteiger partial charge in [0.2, 0.25) is 5.91 Å². The topological polar surface area (TPSA) is 67.9 Å². The minimum atomic E-state index is -2.96. The van der Waals surface area contributed by atoms with Gasteiger partial charge in [0.05, 0.1) is 28.9 Å². The van der Waals surface area contributed by atoms with Crippen LogP contribution in [0.5, 0.6) is 5.75 Å². The van der Waals surface area contributed by atoms with E-state index >= 15 is 0 Å². The second-order valence-corrected chi connectivity index (χ2v) is 8.75. The van der Waals surface area contributed by atoms with Crippen molar-refractivity contribution in [3.63, 3.8) is 0 Å². The number of fused-ring (bicyclic) bond motifs is 1. The third-order valence-electron chi connectivity index (χ3n) is 6.41. The molecule has 1 N–H and O–H groups in total. The number of anilines is 2. The van der Waals surface area contributed by atoms with Gasteiger partial charge in [0.1, 0.15) is 5.75 Å². The maximum Gasteiger partial charge on any atom is 0.387 e. The van der Waals surface area contributed by atoms with Crippen LogP contribution in [0.25, 0.3) is 0 Å². The standard InChI is InChI=1S/C24H26F2N2O4/c1-4-24(3)18-12-15(20(29)27-23(2)10-11-31-14-23)8-9-19(18)28(21(24)30)16-6-5-7-17(13-16)32-22(25)26/h5-9,12-13,22H,4,10-11,14H2,1-3H3,(H,27,29)/t23-,24+/m0/s1. The van der Waals surface area contributed by atoms with E-state index in [9.17, 15) is 18.4 Å². The molecular weight excluding hydrogens is 418 g/mol. The average Bonchev–Trinajstić information content (AvgIpc) is 3.27. The van der Waals surface area contributed by atoms with Crippen LogP contribution in [0.1, 0.15) is 49.5 Å². The number of nitrogens with zero attached hydrogens (tertiary/aromatic N) is 1. The first-order valence-corrected chi connectivity index (χ1v) is 10.6. The quantitative estimate of drug-likeness (QED) is 0.710. The third-order valence-corrected chi connectivity index (χ3v) is 6.41. The number of carbonyl (C=O) groups is 2. The van der Waals surface area contributed by atoms with Gasteiger partial charge < -0.3 is 14.8 Å². The summed E-state index contributed by atoms with van der Waals surface area (Å²) in [5, 5.41) is 3.04. The van der Waals surface area contributed by atoms with E-state index in [-0.39, 0.29) is 17.6 Å². The van der Waals surface area contributed by atoms with E-state index in [1.807, 2.05) is 20.8 Å². The van der Waals surface area contributed by atoms with E-state index in [1.54, 1.807) is 30.3 Å². The molecule has 2 aromatic rings. The number of ether oxygens (including phenoxy) is 2. The fourth-order valence-corrected chi connectivity index (χ4v) is 4.29. The Labute approximate surface area is 185 Å². The highest BCUT2D eigenvalue weighted by atomic mass is 19.3.